The molecule has 0 fully saturated rings. The molecule has 2 aromatic rings. The number of rotatable bonds is 8. The molecular weight excluding hydrogens is 354 g/mol. The molecular formula is C20H24ClNO2S. The Kier molecular flexibility index (Phi) is 7.66. The van der Waals surface area contributed by atoms with Crippen LogP contribution in [0.3, 0.4) is 0 Å². The lowest BCUT2D eigenvalue weighted by atomic mass is 10.1. The number of hydrogen-bond donors (Lipinski definition) is 1. The number of halogens is 1. The predicted octanol–water partition coefficient (Wildman–Crippen LogP) is 4.77. The first-order valence-corrected chi connectivity index (χ1v) is 9.84. The van der Waals surface area contributed by atoms with E-state index < -0.39 is 6.10 Å². The third kappa shape index (κ3) is 5.98. The summed E-state index contributed by atoms with van der Waals surface area (Å²) in [5.41, 5.74) is 3.34. The molecule has 25 heavy (non-hydrogen) atoms. The molecule has 1 atom stereocenters. The number of carbonyl (C=O) groups is 1. The van der Waals surface area contributed by atoms with E-state index >= 15 is 0 Å². The fourth-order valence-corrected chi connectivity index (χ4v) is 3.43. The highest BCUT2D eigenvalue weighted by Gasteiger charge is 2.15. The lowest BCUT2D eigenvalue weighted by Gasteiger charge is -2.17. The molecule has 0 aromatic heterocycles. The highest BCUT2D eigenvalue weighted by atomic mass is 35.5. The van der Waals surface area contributed by atoms with Crippen LogP contribution in [0.5, 0.6) is 5.75 Å². The number of benzene rings is 2. The molecule has 0 aliphatic rings. The van der Waals surface area contributed by atoms with Crippen LogP contribution in [0.15, 0.2) is 42.5 Å². The number of ether oxygens (including phenoxy) is 1. The third-order valence-electron chi connectivity index (χ3n) is 3.99. The SMILES string of the molecule is Cc1cccc(OC(C)C(=O)NCCSCc2ccccc2Cl)c1C. The van der Waals surface area contributed by atoms with Crippen molar-refractivity contribution >= 4 is 29.3 Å². The molecule has 0 saturated heterocycles. The van der Waals surface area contributed by atoms with E-state index in [1.807, 2.05) is 56.3 Å². The Hall–Kier alpha value is -1.65. The van der Waals surface area contributed by atoms with Crippen LogP contribution in [0, 0.1) is 13.8 Å². The summed E-state index contributed by atoms with van der Waals surface area (Å²) >= 11 is 7.87. The van der Waals surface area contributed by atoms with Gasteiger partial charge in [0.05, 0.1) is 0 Å². The van der Waals surface area contributed by atoms with Crippen LogP contribution in [0.2, 0.25) is 5.02 Å². The Morgan fingerprint density at radius 3 is 2.72 bits per heavy atom. The predicted molar refractivity (Wildman–Crippen MR) is 107 cm³/mol. The van der Waals surface area contributed by atoms with Gasteiger partial charge in [0.25, 0.3) is 5.91 Å². The average molecular weight is 378 g/mol. The molecule has 0 heterocycles. The van der Waals surface area contributed by atoms with E-state index in [1.54, 1.807) is 18.7 Å². The smallest absolute Gasteiger partial charge is 0.260 e. The summed E-state index contributed by atoms with van der Waals surface area (Å²) in [6, 6.07) is 13.7. The molecule has 0 spiro atoms. The van der Waals surface area contributed by atoms with Gasteiger partial charge in [0.2, 0.25) is 0 Å². The zero-order chi connectivity index (χ0) is 18.2. The summed E-state index contributed by atoms with van der Waals surface area (Å²) in [7, 11) is 0. The second kappa shape index (κ2) is 9.73. The van der Waals surface area contributed by atoms with Crippen molar-refractivity contribution in [2.24, 2.45) is 0 Å². The molecule has 0 bridgehead atoms. The van der Waals surface area contributed by atoms with Crippen LogP contribution < -0.4 is 10.1 Å². The number of nitrogens with one attached hydrogen (secondary N) is 1. The molecule has 5 heteroatoms. The van der Waals surface area contributed by atoms with Gasteiger partial charge in [-0.05, 0) is 49.6 Å². The molecule has 0 radical (unpaired) electrons. The maximum atomic E-state index is 12.2. The van der Waals surface area contributed by atoms with Crippen LogP contribution in [0.25, 0.3) is 0 Å². The van der Waals surface area contributed by atoms with Crippen molar-refractivity contribution in [1.82, 2.24) is 5.32 Å². The molecule has 1 unspecified atom stereocenters. The van der Waals surface area contributed by atoms with Crippen molar-refractivity contribution in [2.75, 3.05) is 12.3 Å². The largest absolute Gasteiger partial charge is 0.481 e. The van der Waals surface area contributed by atoms with E-state index in [2.05, 4.69) is 5.32 Å². The van der Waals surface area contributed by atoms with Gasteiger partial charge < -0.3 is 10.1 Å². The van der Waals surface area contributed by atoms with Crippen LogP contribution in [-0.4, -0.2) is 24.3 Å². The molecule has 2 rings (SSSR count). The Morgan fingerprint density at radius 2 is 1.96 bits per heavy atom. The summed E-state index contributed by atoms with van der Waals surface area (Å²) in [5, 5.41) is 3.71. The van der Waals surface area contributed by atoms with E-state index in [4.69, 9.17) is 16.3 Å². The van der Waals surface area contributed by atoms with Crippen LogP contribution in [-0.2, 0) is 10.5 Å². The Labute approximate surface area is 159 Å². The van der Waals surface area contributed by atoms with Gasteiger partial charge in [-0.2, -0.15) is 11.8 Å². The quantitative estimate of drug-likeness (QED) is 0.673. The first kappa shape index (κ1) is 19.7. The molecule has 0 aliphatic carbocycles. The Morgan fingerprint density at radius 1 is 1.20 bits per heavy atom. The van der Waals surface area contributed by atoms with Gasteiger partial charge >= 0.3 is 0 Å². The van der Waals surface area contributed by atoms with Crippen molar-refractivity contribution in [3.63, 3.8) is 0 Å². The molecule has 134 valence electrons. The molecule has 0 saturated carbocycles. The minimum Gasteiger partial charge on any atom is -0.481 e. The van der Waals surface area contributed by atoms with Gasteiger partial charge in [-0.3, -0.25) is 4.79 Å². The van der Waals surface area contributed by atoms with Gasteiger partial charge in [0.15, 0.2) is 6.10 Å². The second-order valence-corrected chi connectivity index (χ2v) is 7.41. The molecule has 2 aromatic carbocycles. The zero-order valence-electron chi connectivity index (χ0n) is 14.8. The summed E-state index contributed by atoms with van der Waals surface area (Å²) in [5.74, 6) is 2.33. The maximum absolute atomic E-state index is 12.2. The van der Waals surface area contributed by atoms with Crippen LogP contribution in [0.4, 0.5) is 0 Å². The fourth-order valence-electron chi connectivity index (χ4n) is 2.28. The van der Waals surface area contributed by atoms with Crippen molar-refractivity contribution in [2.45, 2.75) is 32.6 Å². The van der Waals surface area contributed by atoms with Crippen molar-refractivity contribution in [3.05, 3.63) is 64.2 Å². The number of carbonyl (C=O) groups excluding carboxylic acids is 1. The molecule has 1 amide bonds. The zero-order valence-corrected chi connectivity index (χ0v) is 16.4. The highest BCUT2D eigenvalue weighted by molar-refractivity contribution is 7.98. The van der Waals surface area contributed by atoms with Crippen molar-refractivity contribution < 1.29 is 9.53 Å². The first-order chi connectivity index (χ1) is 12.0. The minimum atomic E-state index is -0.519. The van der Waals surface area contributed by atoms with Gasteiger partial charge in [0, 0.05) is 23.1 Å². The van der Waals surface area contributed by atoms with Gasteiger partial charge in [-0.15, -0.1) is 0 Å². The summed E-state index contributed by atoms with van der Waals surface area (Å²) in [6.45, 7) is 6.41. The summed E-state index contributed by atoms with van der Waals surface area (Å²) in [4.78, 5) is 12.2. The minimum absolute atomic E-state index is 0.0979. The van der Waals surface area contributed by atoms with E-state index in [0.29, 0.717) is 6.54 Å². The molecule has 1 N–H and O–H groups in total. The van der Waals surface area contributed by atoms with Gasteiger partial charge in [-0.1, -0.05) is 41.9 Å². The molecule has 3 nitrogen and oxygen atoms in total. The summed E-state index contributed by atoms with van der Waals surface area (Å²) < 4.78 is 5.79. The van der Waals surface area contributed by atoms with E-state index in [0.717, 1.165) is 39.0 Å². The monoisotopic (exact) mass is 377 g/mol. The number of thioether (sulfide) groups is 1. The fraction of sp³-hybridized carbons (Fsp3) is 0.350. The van der Waals surface area contributed by atoms with E-state index in [9.17, 15) is 4.79 Å². The Balaban J connectivity index is 1.71. The van der Waals surface area contributed by atoms with E-state index in [1.165, 1.54) is 0 Å². The average Bonchev–Trinajstić information content (AvgIpc) is 2.60. The van der Waals surface area contributed by atoms with Crippen LogP contribution in [0.1, 0.15) is 23.6 Å². The van der Waals surface area contributed by atoms with E-state index in [-0.39, 0.29) is 5.91 Å². The van der Waals surface area contributed by atoms with Crippen LogP contribution >= 0.6 is 23.4 Å². The number of aryl methyl sites for hydroxylation is 1. The topological polar surface area (TPSA) is 38.3 Å². The maximum Gasteiger partial charge on any atom is 0.260 e. The second-order valence-electron chi connectivity index (χ2n) is 5.89. The number of hydrogen-bond acceptors (Lipinski definition) is 3. The lowest BCUT2D eigenvalue weighted by molar-refractivity contribution is -0.127. The first-order valence-electron chi connectivity index (χ1n) is 8.30. The third-order valence-corrected chi connectivity index (χ3v) is 5.37. The molecule has 0 aliphatic heterocycles. The number of amides is 1. The van der Waals surface area contributed by atoms with Crippen molar-refractivity contribution in [1.29, 1.82) is 0 Å². The standard InChI is InChI=1S/C20H24ClNO2S/c1-14-7-6-10-19(15(14)2)24-16(3)20(23)22-11-12-25-13-17-8-4-5-9-18(17)21/h4-10,16H,11-13H2,1-3H3,(H,22,23). The summed E-state index contributed by atoms with van der Waals surface area (Å²) in [6.07, 6.45) is -0.519. The lowest BCUT2D eigenvalue weighted by Crippen LogP contribution is -2.37. The van der Waals surface area contributed by atoms with Crippen molar-refractivity contribution in [3.8, 4) is 5.75 Å². The van der Waals surface area contributed by atoms with Gasteiger partial charge in [-0.25, -0.2) is 0 Å². The highest BCUT2D eigenvalue weighted by Crippen LogP contribution is 2.22. The normalized spacial score (nSPS) is 11.8. The van der Waals surface area contributed by atoms with Gasteiger partial charge in [0.1, 0.15) is 5.75 Å². The Bertz CT molecular complexity index is 721.